The molecule has 0 heterocycles. The van der Waals surface area contributed by atoms with Crippen molar-refractivity contribution in [2.75, 3.05) is 0 Å². The number of allylic oxidation sites excluding steroid dienone is 4. The molecule has 1 rings (SSSR count). The molecular weight excluding hydrogens is 108 g/mol. The molecule has 50 valence electrons. The molecule has 0 amide bonds. The molecule has 0 bridgehead atoms. The molecule has 0 nitrogen and oxygen atoms in total. The Morgan fingerprint density at radius 3 is 1.89 bits per heavy atom. The number of rotatable bonds is 0. The summed E-state index contributed by atoms with van der Waals surface area (Å²) >= 11 is 0. The van der Waals surface area contributed by atoms with E-state index in [1.165, 1.54) is 16.7 Å². The summed E-state index contributed by atoms with van der Waals surface area (Å²) in [7, 11) is 0. The van der Waals surface area contributed by atoms with Gasteiger partial charge in [0.15, 0.2) is 0 Å². The van der Waals surface area contributed by atoms with Gasteiger partial charge in [-0.3, -0.25) is 0 Å². The van der Waals surface area contributed by atoms with E-state index in [9.17, 15) is 0 Å². The average molecular weight is 122 g/mol. The van der Waals surface area contributed by atoms with E-state index in [2.05, 4.69) is 33.8 Å². The van der Waals surface area contributed by atoms with Gasteiger partial charge in [-0.2, -0.15) is 0 Å². The molecule has 0 aromatic rings. The zero-order valence-electron chi connectivity index (χ0n) is 6.65. The van der Waals surface area contributed by atoms with Crippen LogP contribution in [-0.2, 0) is 0 Å². The Morgan fingerprint density at radius 1 is 1.22 bits per heavy atom. The van der Waals surface area contributed by atoms with E-state index in [1.807, 2.05) is 0 Å². The summed E-state index contributed by atoms with van der Waals surface area (Å²) in [5.74, 6) is 0.699. The summed E-state index contributed by atoms with van der Waals surface area (Å²) < 4.78 is 0. The molecule has 0 fully saturated rings. The Labute approximate surface area is 57.3 Å². The lowest BCUT2D eigenvalue weighted by atomic mass is 10.0. The van der Waals surface area contributed by atoms with Gasteiger partial charge in [-0.25, -0.2) is 0 Å². The van der Waals surface area contributed by atoms with Gasteiger partial charge in [0.2, 0.25) is 0 Å². The van der Waals surface area contributed by atoms with Crippen LogP contribution in [0.1, 0.15) is 27.7 Å². The van der Waals surface area contributed by atoms with Gasteiger partial charge in [0.25, 0.3) is 0 Å². The molecule has 9 heavy (non-hydrogen) atoms. The van der Waals surface area contributed by atoms with E-state index >= 15 is 0 Å². The quantitative estimate of drug-likeness (QED) is 0.463. The summed E-state index contributed by atoms with van der Waals surface area (Å²) in [5, 5.41) is 0. The summed E-state index contributed by atoms with van der Waals surface area (Å²) in [6.07, 6.45) is 2.28. The van der Waals surface area contributed by atoms with Gasteiger partial charge in [0, 0.05) is 0 Å². The molecule has 0 heteroatoms. The maximum atomic E-state index is 2.28. The van der Waals surface area contributed by atoms with Crippen LogP contribution >= 0.6 is 0 Å². The van der Waals surface area contributed by atoms with Crippen LogP contribution in [0.4, 0.5) is 0 Å². The Kier molecular flexibility index (Phi) is 1.48. The molecule has 0 aliphatic heterocycles. The van der Waals surface area contributed by atoms with Gasteiger partial charge in [-0.1, -0.05) is 29.7 Å². The molecule has 1 atom stereocenters. The summed E-state index contributed by atoms with van der Waals surface area (Å²) in [5.41, 5.74) is 4.50. The fourth-order valence-electron chi connectivity index (χ4n) is 1.26. The molecule has 0 spiro atoms. The maximum Gasteiger partial charge on any atom is -0.00180 e. The molecule has 0 aromatic heterocycles. The summed E-state index contributed by atoms with van der Waals surface area (Å²) in [6.45, 7) is 8.86. The van der Waals surface area contributed by atoms with Crippen LogP contribution in [0.15, 0.2) is 22.8 Å². The standard InChI is InChI=1S/C9H14/c1-6-5-7(2)9(4)8(6)3/h5,8H,1-4H3/t8-/m1/s1. The van der Waals surface area contributed by atoms with Gasteiger partial charge >= 0.3 is 0 Å². The molecule has 0 N–H and O–H groups in total. The lowest BCUT2D eigenvalue weighted by Crippen LogP contribution is -1.91. The molecule has 1 aliphatic rings. The highest BCUT2D eigenvalue weighted by Crippen LogP contribution is 2.29. The van der Waals surface area contributed by atoms with Crippen LogP contribution in [0, 0.1) is 5.92 Å². The lowest BCUT2D eigenvalue weighted by Gasteiger charge is -2.05. The Balaban J connectivity index is 2.92. The first-order chi connectivity index (χ1) is 4.13. The lowest BCUT2D eigenvalue weighted by molar-refractivity contribution is 0.817. The van der Waals surface area contributed by atoms with Crippen LogP contribution in [0.2, 0.25) is 0 Å². The minimum atomic E-state index is 0.699. The molecule has 0 saturated heterocycles. The van der Waals surface area contributed by atoms with E-state index in [0.29, 0.717) is 5.92 Å². The predicted molar refractivity (Wildman–Crippen MR) is 41.3 cm³/mol. The molecule has 1 aliphatic carbocycles. The first-order valence-electron chi connectivity index (χ1n) is 3.48. The predicted octanol–water partition coefficient (Wildman–Crippen LogP) is 2.92. The van der Waals surface area contributed by atoms with Crippen molar-refractivity contribution < 1.29 is 0 Å². The monoisotopic (exact) mass is 122 g/mol. The number of hydrogen-bond acceptors (Lipinski definition) is 0. The van der Waals surface area contributed by atoms with E-state index in [-0.39, 0.29) is 0 Å². The van der Waals surface area contributed by atoms with E-state index in [1.54, 1.807) is 0 Å². The Hall–Kier alpha value is -0.520. The van der Waals surface area contributed by atoms with Crippen molar-refractivity contribution in [2.24, 2.45) is 5.92 Å². The molecule has 0 aromatic carbocycles. The average Bonchev–Trinajstić information content (AvgIpc) is 1.98. The van der Waals surface area contributed by atoms with Crippen molar-refractivity contribution in [1.82, 2.24) is 0 Å². The second-order valence-corrected chi connectivity index (χ2v) is 2.98. The van der Waals surface area contributed by atoms with Crippen LogP contribution < -0.4 is 0 Å². The van der Waals surface area contributed by atoms with Crippen molar-refractivity contribution in [3.05, 3.63) is 22.8 Å². The third kappa shape index (κ3) is 0.937. The van der Waals surface area contributed by atoms with Crippen molar-refractivity contribution >= 4 is 0 Å². The molecule has 0 radical (unpaired) electrons. The second kappa shape index (κ2) is 2.02. The fraction of sp³-hybridized carbons (Fsp3) is 0.556. The van der Waals surface area contributed by atoms with Crippen LogP contribution in [0.3, 0.4) is 0 Å². The highest BCUT2D eigenvalue weighted by molar-refractivity contribution is 5.38. The summed E-state index contributed by atoms with van der Waals surface area (Å²) in [6, 6.07) is 0. The topological polar surface area (TPSA) is 0 Å². The summed E-state index contributed by atoms with van der Waals surface area (Å²) in [4.78, 5) is 0. The minimum Gasteiger partial charge on any atom is -0.0662 e. The van der Waals surface area contributed by atoms with Crippen molar-refractivity contribution in [3.8, 4) is 0 Å². The maximum absolute atomic E-state index is 2.28. The molecule has 0 unspecified atom stereocenters. The number of hydrogen-bond donors (Lipinski definition) is 0. The van der Waals surface area contributed by atoms with Gasteiger partial charge in [-0.05, 0) is 26.7 Å². The third-order valence-electron chi connectivity index (χ3n) is 2.40. The molecule has 0 saturated carbocycles. The van der Waals surface area contributed by atoms with Gasteiger partial charge in [0.1, 0.15) is 0 Å². The van der Waals surface area contributed by atoms with Crippen molar-refractivity contribution in [3.63, 3.8) is 0 Å². The SMILES string of the molecule is CC1=CC(C)=C(C)[C@@H]1C. The second-order valence-electron chi connectivity index (χ2n) is 2.98. The fourth-order valence-corrected chi connectivity index (χ4v) is 1.26. The van der Waals surface area contributed by atoms with E-state index in [0.717, 1.165) is 0 Å². The zero-order chi connectivity index (χ0) is 7.02. The Bertz CT molecular complexity index is 182. The van der Waals surface area contributed by atoms with E-state index in [4.69, 9.17) is 0 Å². The van der Waals surface area contributed by atoms with Crippen LogP contribution in [0.5, 0.6) is 0 Å². The smallest absolute Gasteiger partial charge is 0.00180 e. The van der Waals surface area contributed by atoms with Gasteiger partial charge in [-0.15, -0.1) is 0 Å². The highest BCUT2D eigenvalue weighted by atomic mass is 14.2. The highest BCUT2D eigenvalue weighted by Gasteiger charge is 2.13. The first-order valence-corrected chi connectivity index (χ1v) is 3.48. The minimum absolute atomic E-state index is 0.699. The normalized spacial score (nSPS) is 27.1. The zero-order valence-corrected chi connectivity index (χ0v) is 6.65. The van der Waals surface area contributed by atoms with Crippen molar-refractivity contribution in [2.45, 2.75) is 27.7 Å². The van der Waals surface area contributed by atoms with Gasteiger partial charge in [0.05, 0.1) is 0 Å². The third-order valence-corrected chi connectivity index (χ3v) is 2.40. The van der Waals surface area contributed by atoms with Crippen molar-refractivity contribution in [1.29, 1.82) is 0 Å². The largest absolute Gasteiger partial charge is 0.0662 e. The van der Waals surface area contributed by atoms with Crippen LogP contribution in [0.25, 0.3) is 0 Å². The Morgan fingerprint density at radius 2 is 1.78 bits per heavy atom. The first kappa shape index (κ1) is 6.60. The van der Waals surface area contributed by atoms with E-state index < -0.39 is 0 Å². The molecular formula is C9H14. The van der Waals surface area contributed by atoms with Crippen LogP contribution in [-0.4, -0.2) is 0 Å². The van der Waals surface area contributed by atoms with Gasteiger partial charge < -0.3 is 0 Å².